The van der Waals surface area contributed by atoms with Gasteiger partial charge in [-0.3, -0.25) is 4.79 Å². The van der Waals surface area contributed by atoms with Gasteiger partial charge in [0, 0.05) is 25.2 Å². The van der Waals surface area contributed by atoms with Crippen LogP contribution < -0.4 is 19.5 Å². The molecule has 1 rings (SSSR count). The third kappa shape index (κ3) is 6.09. The Morgan fingerprint density at radius 2 is 1.54 bits per heavy atom. The Bertz CT molecular complexity index is 548. The molecular weight excluding hydrogens is 332 g/mol. The lowest BCUT2D eigenvalue weighted by Crippen LogP contribution is -2.40. The van der Waals surface area contributed by atoms with E-state index in [1.807, 2.05) is 14.1 Å². The molecule has 0 saturated carbocycles. The fourth-order valence-electron chi connectivity index (χ4n) is 2.53. The number of hydrogen-bond donors (Lipinski definition) is 1. The molecule has 0 unspecified atom stereocenters. The molecule has 0 saturated heterocycles. The second-order valence-corrected chi connectivity index (χ2v) is 6.49. The van der Waals surface area contributed by atoms with E-state index in [9.17, 15) is 4.79 Å². The standard InChI is InChI=1S/C17H28N2O4.ClH/c1-17(2,11-19(3)4)10-18-16(20)12-8-14(22-6)15(23-7)9-13(12)21-5;/h8-9H,10-11H2,1-7H3,(H,18,20);1H. The van der Waals surface area contributed by atoms with Gasteiger partial charge in [-0.05, 0) is 19.5 Å². The van der Waals surface area contributed by atoms with Crippen LogP contribution >= 0.6 is 12.4 Å². The Labute approximate surface area is 150 Å². The van der Waals surface area contributed by atoms with Gasteiger partial charge in [0.25, 0.3) is 5.91 Å². The summed E-state index contributed by atoms with van der Waals surface area (Å²) >= 11 is 0. The Hall–Kier alpha value is -1.66. The normalized spacial score (nSPS) is 10.8. The molecule has 1 N–H and O–H groups in total. The summed E-state index contributed by atoms with van der Waals surface area (Å²) in [5.41, 5.74) is 0.383. The zero-order valence-corrected chi connectivity index (χ0v) is 16.4. The average Bonchev–Trinajstić information content (AvgIpc) is 2.49. The van der Waals surface area contributed by atoms with Gasteiger partial charge in [0.2, 0.25) is 0 Å². The number of ether oxygens (including phenoxy) is 3. The van der Waals surface area contributed by atoms with Gasteiger partial charge in [-0.25, -0.2) is 0 Å². The summed E-state index contributed by atoms with van der Waals surface area (Å²) in [6.07, 6.45) is 0. The average molecular weight is 361 g/mol. The molecule has 0 bridgehead atoms. The Morgan fingerprint density at radius 3 is 2.00 bits per heavy atom. The van der Waals surface area contributed by atoms with Gasteiger partial charge >= 0.3 is 0 Å². The second-order valence-electron chi connectivity index (χ2n) is 6.49. The summed E-state index contributed by atoms with van der Waals surface area (Å²) in [4.78, 5) is 14.6. The summed E-state index contributed by atoms with van der Waals surface area (Å²) in [5.74, 6) is 1.26. The van der Waals surface area contributed by atoms with Crippen LogP contribution in [0.15, 0.2) is 12.1 Å². The third-order valence-corrected chi connectivity index (χ3v) is 3.42. The van der Waals surface area contributed by atoms with Crippen molar-refractivity contribution in [2.45, 2.75) is 13.8 Å². The van der Waals surface area contributed by atoms with Crippen molar-refractivity contribution in [3.8, 4) is 17.2 Å². The third-order valence-electron chi connectivity index (χ3n) is 3.42. The fraction of sp³-hybridized carbons (Fsp3) is 0.588. The minimum Gasteiger partial charge on any atom is -0.496 e. The number of nitrogens with one attached hydrogen (secondary N) is 1. The highest BCUT2D eigenvalue weighted by Crippen LogP contribution is 2.34. The molecule has 7 heteroatoms. The predicted molar refractivity (Wildman–Crippen MR) is 98.0 cm³/mol. The maximum Gasteiger partial charge on any atom is 0.255 e. The number of nitrogens with zero attached hydrogens (tertiary/aromatic N) is 1. The minimum absolute atomic E-state index is 0. The van der Waals surface area contributed by atoms with E-state index in [2.05, 4.69) is 24.1 Å². The van der Waals surface area contributed by atoms with Gasteiger partial charge in [0.15, 0.2) is 11.5 Å². The summed E-state index contributed by atoms with van der Waals surface area (Å²) in [7, 11) is 8.63. The van der Waals surface area contributed by atoms with Crippen molar-refractivity contribution >= 4 is 18.3 Å². The number of carbonyl (C=O) groups is 1. The molecule has 1 aromatic carbocycles. The first-order chi connectivity index (χ1) is 10.7. The molecule has 0 atom stereocenters. The molecule has 0 fully saturated rings. The van der Waals surface area contributed by atoms with Crippen molar-refractivity contribution in [2.24, 2.45) is 5.41 Å². The van der Waals surface area contributed by atoms with Gasteiger partial charge in [-0.15, -0.1) is 12.4 Å². The predicted octanol–water partition coefficient (Wildman–Crippen LogP) is 2.45. The molecule has 0 heterocycles. The SMILES string of the molecule is COc1cc(OC)c(C(=O)NCC(C)(C)CN(C)C)cc1OC.Cl. The lowest BCUT2D eigenvalue weighted by molar-refractivity contribution is 0.0925. The van der Waals surface area contributed by atoms with Crippen molar-refractivity contribution in [3.05, 3.63) is 17.7 Å². The zero-order chi connectivity index (χ0) is 17.6. The summed E-state index contributed by atoms with van der Waals surface area (Å²) in [6, 6.07) is 3.28. The van der Waals surface area contributed by atoms with Crippen LogP contribution in [0.5, 0.6) is 17.2 Å². The quantitative estimate of drug-likeness (QED) is 0.771. The number of hydrogen-bond acceptors (Lipinski definition) is 5. The Balaban J connectivity index is 0.00000529. The van der Waals surface area contributed by atoms with Gasteiger partial charge in [0.05, 0.1) is 26.9 Å². The molecule has 24 heavy (non-hydrogen) atoms. The molecule has 6 nitrogen and oxygen atoms in total. The molecule has 1 aromatic rings. The molecule has 0 aromatic heterocycles. The van der Waals surface area contributed by atoms with Crippen LogP contribution in [0.1, 0.15) is 24.2 Å². The number of amides is 1. The Kier molecular flexibility index (Phi) is 8.93. The van der Waals surface area contributed by atoms with E-state index in [-0.39, 0.29) is 23.7 Å². The van der Waals surface area contributed by atoms with Crippen molar-refractivity contribution in [3.63, 3.8) is 0 Å². The molecule has 0 radical (unpaired) electrons. The van der Waals surface area contributed by atoms with Crippen LogP contribution in [0.2, 0.25) is 0 Å². The number of methoxy groups -OCH3 is 3. The van der Waals surface area contributed by atoms with E-state index in [0.29, 0.717) is 29.4 Å². The highest BCUT2D eigenvalue weighted by molar-refractivity contribution is 5.97. The highest BCUT2D eigenvalue weighted by atomic mass is 35.5. The number of halogens is 1. The van der Waals surface area contributed by atoms with E-state index < -0.39 is 0 Å². The van der Waals surface area contributed by atoms with E-state index >= 15 is 0 Å². The van der Waals surface area contributed by atoms with Crippen LogP contribution in [0.3, 0.4) is 0 Å². The first-order valence-corrected chi connectivity index (χ1v) is 7.47. The van der Waals surface area contributed by atoms with E-state index in [0.717, 1.165) is 6.54 Å². The van der Waals surface area contributed by atoms with Gasteiger partial charge < -0.3 is 24.4 Å². The molecule has 0 aliphatic heterocycles. The highest BCUT2D eigenvalue weighted by Gasteiger charge is 2.22. The zero-order valence-electron chi connectivity index (χ0n) is 15.6. The van der Waals surface area contributed by atoms with Crippen molar-refractivity contribution in [1.29, 1.82) is 0 Å². The number of benzene rings is 1. The summed E-state index contributed by atoms with van der Waals surface area (Å²) < 4.78 is 15.8. The van der Waals surface area contributed by atoms with Crippen LogP contribution in [-0.2, 0) is 0 Å². The van der Waals surface area contributed by atoms with E-state index in [4.69, 9.17) is 14.2 Å². The van der Waals surface area contributed by atoms with Crippen molar-refractivity contribution in [2.75, 3.05) is 48.5 Å². The first-order valence-electron chi connectivity index (χ1n) is 7.47. The lowest BCUT2D eigenvalue weighted by Gasteiger charge is -2.28. The molecular formula is C17H29ClN2O4. The van der Waals surface area contributed by atoms with Crippen LogP contribution in [0, 0.1) is 5.41 Å². The van der Waals surface area contributed by atoms with Crippen molar-refractivity contribution < 1.29 is 19.0 Å². The monoisotopic (exact) mass is 360 g/mol. The lowest BCUT2D eigenvalue weighted by atomic mass is 9.93. The smallest absolute Gasteiger partial charge is 0.255 e. The van der Waals surface area contributed by atoms with Crippen LogP contribution in [0.25, 0.3) is 0 Å². The second kappa shape index (κ2) is 9.59. The molecule has 138 valence electrons. The number of carbonyl (C=O) groups excluding carboxylic acids is 1. The first kappa shape index (κ1) is 22.3. The fourth-order valence-corrected chi connectivity index (χ4v) is 2.53. The van der Waals surface area contributed by atoms with E-state index in [1.165, 1.54) is 14.2 Å². The van der Waals surface area contributed by atoms with E-state index in [1.54, 1.807) is 19.2 Å². The largest absolute Gasteiger partial charge is 0.496 e. The maximum atomic E-state index is 12.5. The van der Waals surface area contributed by atoms with Gasteiger partial charge in [-0.1, -0.05) is 13.8 Å². The van der Waals surface area contributed by atoms with Crippen LogP contribution in [0.4, 0.5) is 0 Å². The van der Waals surface area contributed by atoms with Gasteiger partial charge in [-0.2, -0.15) is 0 Å². The summed E-state index contributed by atoms with van der Waals surface area (Å²) in [6.45, 7) is 5.65. The topological polar surface area (TPSA) is 60.0 Å². The van der Waals surface area contributed by atoms with Gasteiger partial charge in [0.1, 0.15) is 5.75 Å². The molecule has 0 aliphatic carbocycles. The molecule has 0 aliphatic rings. The molecule has 1 amide bonds. The Morgan fingerprint density at radius 1 is 1.04 bits per heavy atom. The maximum absolute atomic E-state index is 12.5. The van der Waals surface area contributed by atoms with Crippen molar-refractivity contribution in [1.82, 2.24) is 10.2 Å². The molecule has 0 spiro atoms. The van der Waals surface area contributed by atoms with Crippen LogP contribution in [-0.4, -0.2) is 59.3 Å². The summed E-state index contributed by atoms with van der Waals surface area (Å²) in [5, 5.41) is 2.97. The minimum atomic E-state index is -0.199. The number of rotatable bonds is 8.